The van der Waals surface area contributed by atoms with Gasteiger partial charge in [0, 0.05) is 18.5 Å². The summed E-state index contributed by atoms with van der Waals surface area (Å²) >= 11 is 0. The van der Waals surface area contributed by atoms with Gasteiger partial charge in [-0.15, -0.1) is 36.6 Å². The van der Waals surface area contributed by atoms with E-state index < -0.39 is 5.43 Å². The van der Waals surface area contributed by atoms with E-state index in [0.29, 0.717) is 0 Å². The van der Waals surface area contributed by atoms with Gasteiger partial charge in [-0.25, -0.2) is 0 Å². The van der Waals surface area contributed by atoms with Crippen molar-refractivity contribution < 1.29 is 29.0 Å². The maximum Gasteiger partial charge on any atom is 2.00 e. The first-order valence-corrected chi connectivity index (χ1v) is 13.5. The molecule has 0 aliphatic carbocycles. The minimum Gasteiger partial charge on any atom is -0.682 e. The van der Waals surface area contributed by atoms with Crippen molar-refractivity contribution in [1.82, 2.24) is 9.97 Å². The van der Waals surface area contributed by atoms with Crippen LogP contribution in [0, 0.1) is 13.8 Å². The molecule has 8 heteroatoms. The Bertz CT molecular complexity index is 1500. The maximum absolute atomic E-state index is 10.5. The Hall–Kier alpha value is -4.03. The Morgan fingerprint density at radius 3 is 1.98 bits per heavy atom. The molecule has 0 bridgehead atoms. The van der Waals surface area contributed by atoms with Gasteiger partial charge in [0.15, 0.2) is 0 Å². The zero-order valence-corrected chi connectivity index (χ0v) is 25.3. The van der Waals surface area contributed by atoms with Crippen molar-refractivity contribution in [3.8, 4) is 17.1 Å². The molecule has 4 aromatic rings. The maximum atomic E-state index is 10.5. The fourth-order valence-electron chi connectivity index (χ4n) is 4.48. The van der Waals surface area contributed by atoms with Gasteiger partial charge in [0.25, 0.3) is 0 Å². The van der Waals surface area contributed by atoms with Gasteiger partial charge in [-0.3, -0.25) is 14.8 Å². The first-order valence-electron chi connectivity index (χ1n) is 13.5. The predicted molar refractivity (Wildman–Crippen MR) is 162 cm³/mol. The van der Waals surface area contributed by atoms with Gasteiger partial charge in [0.2, 0.25) is 11.2 Å². The largest absolute Gasteiger partial charge is 2.00 e. The van der Waals surface area contributed by atoms with E-state index in [9.17, 15) is 4.79 Å². The number of hydrogen-bond donors (Lipinski definition) is 1. The quantitative estimate of drug-likeness (QED) is 0.228. The van der Waals surface area contributed by atoms with Crippen molar-refractivity contribution >= 4 is 23.5 Å². The summed E-state index contributed by atoms with van der Waals surface area (Å²) < 4.78 is 4.69. The molecule has 2 aliphatic heterocycles. The summed E-state index contributed by atoms with van der Waals surface area (Å²) in [6, 6.07) is 12.8. The van der Waals surface area contributed by atoms with Crippen LogP contribution in [-0.2, 0) is 25.9 Å². The van der Waals surface area contributed by atoms with Crippen LogP contribution >= 0.6 is 0 Å². The first kappa shape index (κ1) is 31.5. The molecule has 7 nitrogen and oxygen atoms in total. The van der Waals surface area contributed by atoms with Crippen LogP contribution in [0.25, 0.3) is 34.2 Å². The van der Waals surface area contributed by atoms with E-state index in [2.05, 4.69) is 57.9 Å². The van der Waals surface area contributed by atoms with Crippen molar-refractivity contribution in [2.24, 2.45) is 0 Å². The molecule has 3 aromatic heterocycles. The molecular formula is C33H34N4O3Ru. The summed E-state index contributed by atoms with van der Waals surface area (Å²) in [4.78, 5) is 18.9. The zero-order valence-electron chi connectivity index (χ0n) is 23.5. The second-order valence-corrected chi connectivity index (χ2v) is 9.34. The van der Waals surface area contributed by atoms with E-state index in [1.54, 1.807) is 12.4 Å². The first-order chi connectivity index (χ1) is 19.5. The Labute approximate surface area is 254 Å². The van der Waals surface area contributed by atoms with E-state index in [1.807, 2.05) is 36.4 Å². The normalized spacial score (nSPS) is 12.1. The van der Waals surface area contributed by atoms with Gasteiger partial charge < -0.3 is 20.2 Å². The van der Waals surface area contributed by atoms with E-state index in [4.69, 9.17) is 10.4 Å². The van der Waals surface area contributed by atoms with E-state index >= 15 is 0 Å². The summed E-state index contributed by atoms with van der Waals surface area (Å²) in [5, 5.41) is 18.2. The molecule has 0 saturated heterocycles. The number of fused-ring (bicyclic) bond motifs is 3. The molecule has 0 fully saturated rings. The van der Waals surface area contributed by atoms with Crippen LogP contribution in [0.15, 0.2) is 82.5 Å². The minimum atomic E-state index is -0.404. The van der Waals surface area contributed by atoms with Crippen LogP contribution in [0.1, 0.15) is 47.8 Å². The summed E-state index contributed by atoms with van der Waals surface area (Å²) in [6.45, 7) is 7.57. The molecule has 1 N–H and O–H groups in total. The number of aromatic hydroxyl groups is 1. The molecule has 0 saturated carbocycles. The molecule has 0 unspecified atom stereocenters. The summed E-state index contributed by atoms with van der Waals surface area (Å²) in [7, 11) is 0. The summed E-state index contributed by atoms with van der Waals surface area (Å²) in [6.07, 6.45) is 17.2. The number of benzene rings is 1. The van der Waals surface area contributed by atoms with Gasteiger partial charge >= 0.3 is 19.5 Å². The topological polar surface area (TPSA) is 104 Å². The van der Waals surface area contributed by atoms with E-state index in [0.717, 1.165) is 42.3 Å². The van der Waals surface area contributed by atoms with E-state index in [-0.39, 0.29) is 31.0 Å². The molecule has 0 atom stereocenters. The number of aryl methyl sites for hydroxylation is 1. The molecule has 41 heavy (non-hydrogen) atoms. The molecular weight excluding hydrogens is 601 g/mol. The summed E-state index contributed by atoms with van der Waals surface area (Å²) in [5.41, 5.74) is 9.12. The van der Waals surface area contributed by atoms with Crippen LogP contribution in [0.4, 0.5) is 11.4 Å². The third-order valence-electron chi connectivity index (χ3n) is 6.60. The molecule has 0 spiro atoms. The van der Waals surface area contributed by atoms with Crippen LogP contribution in [0.5, 0.6) is 5.75 Å². The number of unbranched alkanes of at least 4 members (excludes halogenated alkanes) is 1. The Morgan fingerprint density at radius 1 is 0.878 bits per heavy atom. The SMILES string of the molecule is CCCCc1c(C)c2c(c3c1C=CC[N-]3)[N-]CC=C2.Cc1occc(=O)c1O.[Ru+2].c1ccc(-c2ccccn2)nc1. The van der Waals surface area contributed by atoms with Crippen LogP contribution < -0.4 is 5.43 Å². The molecule has 2 aliphatic rings. The minimum absolute atomic E-state index is 0. The summed E-state index contributed by atoms with van der Waals surface area (Å²) in [5.74, 6) is -0.0556. The third kappa shape index (κ3) is 8.02. The number of nitrogens with zero attached hydrogens (tertiary/aromatic N) is 4. The van der Waals surface area contributed by atoms with Gasteiger partial charge in [-0.05, 0) is 73.2 Å². The average Bonchev–Trinajstić information content (AvgIpc) is 3.01. The molecule has 1 aromatic carbocycles. The average molecular weight is 636 g/mol. The van der Waals surface area contributed by atoms with Crippen molar-refractivity contribution in [2.75, 3.05) is 13.1 Å². The fourth-order valence-corrected chi connectivity index (χ4v) is 4.48. The standard InChI is InChI=1S/C17H20N2.C10H8N2.C6H6O3.Ru/c1-3-4-7-13-12(2)14-8-5-10-18-16(14)17-15(13)9-6-11-19-17;1-3-7-11-9(5-1)10-6-2-4-8-12-10;1-4-6(8)5(7)2-3-9-4;/h5-6,8-9H,3-4,7,10-11H2,1-2H3;1-8H;2-3,8H,1H3;/q-2;;;+2. The van der Waals surface area contributed by atoms with Crippen LogP contribution in [0.3, 0.4) is 0 Å². The molecule has 5 heterocycles. The van der Waals surface area contributed by atoms with E-state index in [1.165, 1.54) is 54.3 Å². The molecule has 0 amide bonds. The molecule has 0 radical (unpaired) electrons. The van der Waals surface area contributed by atoms with Crippen LogP contribution in [0.2, 0.25) is 0 Å². The van der Waals surface area contributed by atoms with Gasteiger partial charge in [0.1, 0.15) is 5.76 Å². The molecule has 6 rings (SSSR count). The second kappa shape index (κ2) is 15.7. The van der Waals surface area contributed by atoms with Gasteiger partial charge in [-0.1, -0.05) is 37.6 Å². The van der Waals surface area contributed by atoms with Crippen molar-refractivity contribution in [1.29, 1.82) is 0 Å². The third-order valence-corrected chi connectivity index (χ3v) is 6.60. The monoisotopic (exact) mass is 636 g/mol. The Balaban J connectivity index is 0.000000181. The van der Waals surface area contributed by atoms with Crippen molar-refractivity contribution in [3.63, 3.8) is 0 Å². The fraction of sp³-hybridized carbons (Fsp3) is 0.242. The molecule has 212 valence electrons. The van der Waals surface area contributed by atoms with Crippen LogP contribution in [-0.4, -0.2) is 28.2 Å². The number of rotatable bonds is 4. The zero-order chi connectivity index (χ0) is 28.3. The van der Waals surface area contributed by atoms with Gasteiger partial charge in [0.05, 0.1) is 17.7 Å². The predicted octanol–water partition coefficient (Wildman–Crippen LogP) is 8.20. The second-order valence-electron chi connectivity index (χ2n) is 9.34. The van der Waals surface area contributed by atoms with Gasteiger partial charge in [-0.2, -0.15) is 0 Å². The smallest absolute Gasteiger partial charge is 0.682 e. The van der Waals surface area contributed by atoms with Crippen molar-refractivity contribution in [2.45, 2.75) is 40.0 Å². The number of hydrogen-bond acceptors (Lipinski definition) is 5. The number of aromatic nitrogens is 2. The Morgan fingerprint density at radius 2 is 1.46 bits per heavy atom. The Kier molecular flexibility index (Phi) is 12.0. The van der Waals surface area contributed by atoms with Crippen molar-refractivity contribution in [3.05, 3.63) is 122 Å². The number of pyridine rings is 2.